The molecular formula is C56H43BN2O2. The Labute approximate surface area is 354 Å². The van der Waals surface area contributed by atoms with Gasteiger partial charge in [-0.2, -0.15) is 0 Å². The van der Waals surface area contributed by atoms with E-state index in [0.29, 0.717) is 0 Å². The Bertz CT molecular complexity index is 3670. The van der Waals surface area contributed by atoms with Gasteiger partial charge in [0.15, 0.2) is 5.58 Å². The molecule has 0 unspecified atom stereocenters. The minimum atomic E-state index is -0.178. The molecule has 13 rings (SSSR count). The molecule has 0 saturated heterocycles. The zero-order valence-electron chi connectivity index (χ0n) is 35.2. The van der Waals surface area contributed by atoms with Crippen molar-refractivity contribution in [3.8, 4) is 27.9 Å². The molecule has 0 atom stereocenters. The van der Waals surface area contributed by atoms with E-state index in [0.717, 1.165) is 60.9 Å². The van der Waals surface area contributed by atoms with Crippen LogP contribution in [0, 0.1) is 0 Å². The van der Waals surface area contributed by atoms with Crippen molar-refractivity contribution in [1.82, 2.24) is 4.57 Å². The van der Waals surface area contributed by atoms with Crippen LogP contribution in [-0.4, -0.2) is 11.4 Å². The lowest BCUT2D eigenvalue weighted by molar-refractivity contribution is 0.590. The molecule has 2 aliphatic rings. The Hall–Kier alpha value is -6.98. The third kappa shape index (κ3) is 4.78. The first kappa shape index (κ1) is 34.8. The molecule has 0 amide bonds. The second-order valence-corrected chi connectivity index (χ2v) is 19.3. The van der Waals surface area contributed by atoms with Crippen molar-refractivity contribution >= 4 is 94.8 Å². The summed E-state index contributed by atoms with van der Waals surface area (Å²) < 4.78 is 16.4. The molecule has 0 spiro atoms. The van der Waals surface area contributed by atoms with Crippen LogP contribution in [0.3, 0.4) is 0 Å². The molecule has 0 radical (unpaired) electrons. The Morgan fingerprint density at radius 2 is 1.11 bits per heavy atom. The number of nitrogens with zero attached hydrogens (tertiary/aromatic N) is 2. The number of fused-ring (bicyclic) bond motifs is 14. The number of hydrogen-bond donors (Lipinski definition) is 0. The van der Waals surface area contributed by atoms with Crippen LogP contribution in [-0.2, 0) is 10.8 Å². The minimum Gasteiger partial charge on any atom is -0.456 e. The predicted octanol–water partition coefficient (Wildman–Crippen LogP) is 14.1. The third-order valence-electron chi connectivity index (χ3n) is 13.7. The van der Waals surface area contributed by atoms with Gasteiger partial charge < -0.3 is 18.2 Å². The zero-order valence-corrected chi connectivity index (χ0v) is 35.2. The molecule has 2 aliphatic heterocycles. The van der Waals surface area contributed by atoms with Crippen LogP contribution in [0.1, 0.15) is 52.7 Å². The fourth-order valence-electron chi connectivity index (χ4n) is 10.6. The summed E-state index contributed by atoms with van der Waals surface area (Å²) in [6.45, 7) is 13.8. The topological polar surface area (TPSA) is 34.5 Å². The average Bonchev–Trinajstić information content (AvgIpc) is 3.93. The first-order chi connectivity index (χ1) is 29.5. The molecule has 61 heavy (non-hydrogen) atoms. The van der Waals surface area contributed by atoms with Crippen molar-refractivity contribution in [2.75, 3.05) is 4.81 Å². The Morgan fingerprint density at radius 1 is 0.475 bits per heavy atom. The van der Waals surface area contributed by atoms with Crippen molar-refractivity contribution < 1.29 is 8.83 Å². The van der Waals surface area contributed by atoms with Gasteiger partial charge in [0.05, 0.1) is 16.7 Å². The number of para-hydroxylation sites is 2. The molecule has 5 heterocycles. The maximum atomic E-state index is 7.10. The predicted molar refractivity (Wildman–Crippen MR) is 257 cm³/mol. The summed E-state index contributed by atoms with van der Waals surface area (Å²) in [6.07, 6.45) is 0. The van der Waals surface area contributed by atoms with Crippen LogP contribution in [0.2, 0.25) is 0 Å². The maximum absolute atomic E-state index is 7.10. The molecule has 3 aromatic heterocycles. The van der Waals surface area contributed by atoms with Gasteiger partial charge in [-0.15, -0.1) is 0 Å². The summed E-state index contributed by atoms with van der Waals surface area (Å²) >= 11 is 0. The lowest BCUT2D eigenvalue weighted by Crippen LogP contribution is -2.60. The first-order valence-corrected chi connectivity index (χ1v) is 21.5. The number of hydrogen-bond acceptors (Lipinski definition) is 3. The number of rotatable bonds is 2. The normalized spacial score (nSPS) is 13.7. The summed E-state index contributed by atoms with van der Waals surface area (Å²) in [5.74, 6) is 0. The summed E-state index contributed by atoms with van der Waals surface area (Å²) in [7, 11) is 0. The van der Waals surface area contributed by atoms with Crippen LogP contribution in [0.15, 0.2) is 160 Å². The molecule has 0 saturated carbocycles. The molecule has 0 aliphatic carbocycles. The molecule has 4 nitrogen and oxygen atoms in total. The van der Waals surface area contributed by atoms with Crippen molar-refractivity contribution in [1.29, 1.82) is 0 Å². The molecule has 0 bridgehead atoms. The lowest BCUT2D eigenvalue weighted by Gasteiger charge is -2.42. The standard InChI is InChI=1S/C56H43BN2O2/c1-55(2,3)34-22-25-46-39(26-34)43-27-35(56(4,5)6)28-45-52(43)58(46)53-51-42(30-44-38-17-11-13-19-49(38)61-54(44)53)40-29-41-37-16-10-12-18-48(37)60-50(41)31-47(40)59(57(45)51)36-23-20-33(21-24-36)32-14-8-7-9-15-32/h7-31H,1-6H3. The van der Waals surface area contributed by atoms with Crippen LogP contribution < -0.4 is 15.7 Å². The first-order valence-electron chi connectivity index (χ1n) is 21.5. The van der Waals surface area contributed by atoms with Crippen molar-refractivity contribution in [2.24, 2.45) is 0 Å². The highest BCUT2D eigenvalue weighted by atomic mass is 16.3. The van der Waals surface area contributed by atoms with Crippen LogP contribution in [0.4, 0.5) is 11.4 Å². The van der Waals surface area contributed by atoms with E-state index in [1.807, 2.05) is 0 Å². The number of aromatic nitrogens is 1. The molecule has 11 aromatic rings. The SMILES string of the molecule is CC(C)(C)c1ccc2c(c1)c1cc(C(C)(C)C)cc3c1n2-c1c2c(cc4c1oc1ccccc14)-c1cc4c(cc1N(c1ccc(-c5ccccc5)cc1)B23)oc1ccccc14. The van der Waals surface area contributed by atoms with Crippen molar-refractivity contribution in [2.45, 2.75) is 52.4 Å². The van der Waals surface area contributed by atoms with E-state index in [4.69, 9.17) is 8.83 Å². The summed E-state index contributed by atoms with van der Waals surface area (Å²) in [5.41, 5.74) is 19.3. The molecule has 8 aromatic carbocycles. The van der Waals surface area contributed by atoms with Gasteiger partial charge in [-0.25, -0.2) is 0 Å². The second-order valence-electron chi connectivity index (χ2n) is 19.3. The lowest BCUT2D eigenvalue weighted by atomic mass is 9.43. The third-order valence-corrected chi connectivity index (χ3v) is 13.7. The Kier molecular flexibility index (Phi) is 6.77. The van der Waals surface area contributed by atoms with Gasteiger partial charge in [-0.05, 0) is 104 Å². The van der Waals surface area contributed by atoms with Gasteiger partial charge in [0, 0.05) is 55.3 Å². The summed E-state index contributed by atoms with van der Waals surface area (Å²) in [4.78, 5) is 2.60. The number of benzene rings is 8. The highest BCUT2D eigenvalue weighted by Gasteiger charge is 2.46. The van der Waals surface area contributed by atoms with E-state index in [2.05, 4.69) is 203 Å². The van der Waals surface area contributed by atoms with E-state index in [-0.39, 0.29) is 17.7 Å². The van der Waals surface area contributed by atoms with E-state index in [1.54, 1.807) is 0 Å². The largest absolute Gasteiger partial charge is 0.456 e. The molecule has 5 heteroatoms. The van der Waals surface area contributed by atoms with Gasteiger partial charge in [-0.3, -0.25) is 0 Å². The van der Waals surface area contributed by atoms with Gasteiger partial charge in [0.2, 0.25) is 0 Å². The molecule has 292 valence electrons. The Balaban J connectivity index is 1.23. The fraction of sp³-hybridized carbons (Fsp3) is 0.143. The van der Waals surface area contributed by atoms with E-state index < -0.39 is 0 Å². The van der Waals surface area contributed by atoms with Gasteiger partial charge in [-0.1, -0.05) is 133 Å². The van der Waals surface area contributed by atoms with E-state index in [1.165, 1.54) is 66.1 Å². The zero-order chi connectivity index (χ0) is 41.1. The minimum absolute atomic E-state index is 0.0127. The van der Waals surface area contributed by atoms with Gasteiger partial charge >= 0.3 is 6.85 Å². The van der Waals surface area contributed by atoms with Crippen molar-refractivity contribution in [3.63, 3.8) is 0 Å². The average molecular weight is 787 g/mol. The summed E-state index contributed by atoms with van der Waals surface area (Å²) in [6, 6.07) is 56.1. The number of anilines is 2. The quantitative estimate of drug-likeness (QED) is 0.164. The molecule has 0 N–H and O–H groups in total. The second kappa shape index (κ2) is 11.9. The van der Waals surface area contributed by atoms with Gasteiger partial charge in [0.25, 0.3) is 0 Å². The molecule has 0 fully saturated rings. The smallest absolute Gasteiger partial charge is 0.333 e. The maximum Gasteiger partial charge on any atom is 0.333 e. The monoisotopic (exact) mass is 786 g/mol. The van der Waals surface area contributed by atoms with Crippen LogP contribution >= 0.6 is 0 Å². The summed E-state index contributed by atoms with van der Waals surface area (Å²) in [5, 5.41) is 7.05. The Morgan fingerprint density at radius 3 is 1.85 bits per heavy atom. The highest BCUT2D eigenvalue weighted by Crippen LogP contribution is 2.50. The van der Waals surface area contributed by atoms with E-state index >= 15 is 0 Å². The highest BCUT2D eigenvalue weighted by molar-refractivity contribution is 6.94. The van der Waals surface area contributed by atoms with Crippen LogP contribution in [0.5, 0.6) is 0 Å². The van der Waals surface area contributed by atoms with Crippen LogP contribution in [0.25, 0.3) is 93.6 Å². The van der Waals surface area contributed by atoms with Crippen molar-refractivity contribution in [3.05, 3.63) is 163 Å². The molecular weight excluding hydrogens is 743 g/mol. The number of furan rings is 2. The van der Waals surface area contributed by atoms with E-state index in [9.17, 15) is 0 Å². The van der Waals surface area contributed by atoms with Gasteiger partial charge in [0.1, 0.15) is 16.7 Å². The fourth-order valence-corrected chi connectivity index (χ4v) is 10.6.